The lowest BCUT2D eigenvalue weighted by atomic mass is 10.0. The van der Waals surface area contributed by atoms with Crippen LogP contribution in [0.2, 0.25) is 0 Å². The average Bonchev–Trinajstić information content (AvgIpc) is 3.23. The van der Waals surface area contributed by atoms with Crippen LogP contribution in [0.15, 0.2) is 35.6 Å². The number of hydrogen-bond acceptors (Lipinski definition) is 2. The summed E-state index contributed by atoms with van der Waals surface area (Å²) in [4.78, 5) is 6.51. The average molecular weight is 347 g/mol. The molecule has 1 unspecified atom stereocenters. The van der Waals surface area contributed by atoms with Gasteiger partial charge in [0.1, 0.15) is 11.6 Å². The fraction of sp³-hybridized carbons (Fsp3) is 0.444. The number of nitrogens with zero attached hydrogens (tertiary/aromatic N) is 4. The van der Waals surface area contributed by atoms with Gasteiger partial charge in [-0.05, 0) is 42.2 Å². The van der Waals surface area contributed by atoms with E-state index in [1.807, 2.05) is 17.9 Å². The molecule has 1 aliphatic heterocycles. The van der Waals surface area contributed by atoms with Gasteiger partial charge < -0.3 is 10.2 Å². The number of likely N-dealkylation sites (tertiary alicyclic amines) is 1. The maximum absolute atomic E-state index is 13.7. The highest BCUT2D eigenvalue weighted by molar-refractivity contribution is 5.80. The fourth-order valence-corrected chi connectivity index (χ4v) is 3.25. The Labute approximate surface area is 146 Å². The zero-order valence-corrected chi connectivity index (χ0v) is 14.5. The molecule has 0 saturated carbocycles. The SMILES string of the molecule is CN=C(NCCc1cc(F)ccc1F)N1CCC(c2cnn(C)c2)C1. The van der Waals surface area contributed by atoms with E-state index in [-0.39, 0.29) is 5.82 Å². The lowest BCUT2D eigenvalue weighted by Gasteiger charge is -2.21. The molecule has 25 heavy (non-hydrogen) atoms. The second-order valence-electron chi connectivity index (χ2n) is 6.34. The molecule has 134 valence electrons. The van der Waals surface area contributed by atoms with Crippen LogP contribution < -0.4 is 5.32 Å². The summed E-state index contributed by atoms with van der Waals surface area (Å²) in [6, 6.07) is 3.54. The minimum absolute atomic E-state index is 0.373. The summed E-state index contributed by atoms with van der Waals surface area (Å²) in [7, 11) is 3.66. The van der Waals surface area contributed by atoms with Gasteiger partial charge >= 0.3 is 0 Å². The molecule has 7 heteroatoms. The van der Waals surface area contributed by atoms with E-state index in [1.54, 1.807) is 7.05 Å². The lowest BCUT2D eigenvalue weighted by Crippen LogP contribution is -2.40. The monoisotopic (exact) mass is 347 g/mol. The van der Waals surface area contributed by atoms with Crippen molar-refractivity contribution in [3.63, 3.8) is 0 Å². The van der Waals surface area contributed by atoms with Crippen LogP contribution in [-0.4, -0.2) is 47.3 Å². The normalized spacial score (nSPS) is 18.0. The Morgan fingerprint density at radius 3 is 2.96 bits per heavy atom. The van der Waals surface area contributed by atoms with Gasteiger partial charge in [0.15, 0.2) is 5.96 Å². The highest BCUT2D eigenvalue weighted by Crippen LogP contribution is 2.26. The first kappa shape index (κ1) is 17.4. The molecule has 3 rings (SSSR count). The van der Waals surface area contributed by atoms with Gasteiger partial charge in [-0.25, -0.2) is 8.78 Å². The van der Waals surface area contributed by atoms with E-state index >= 15 is 0 Å². The maximum atomic E-state index is 13.7. The number of aliphatic imine (C=N–C) groups is 1. The van der Waals surface area contributed by atoms with E-state index < -0.39 is 5.82 Å². The number of hydrogen-bond donors (Lipinski definition) is 1. The molecule has 0 bridgehead atoms. The zero-order valence-electron chi connectivity index (χ0n) is 14.5. The van der Waals surface area contributed by atoms with Gasteiger partial charge in [0, 0.05) is 45.8 Å². The Morgan fingerprint density at radius 2 is 2.24 bits per heavy atom. The molecule has 0 aliphatic carbocycles. The van der Waals surface area contributed by atoms with Crippen molar-refractivity contribution < 1.29 is 8.78 Å². The van der Waals surface area contributed by atoms with Crippen molar-refractivity contribution in [2.75, 3.05) is 26.7 Å². The molecule has 1 fully saturated rings. The molecule has 1 aromatic carbocycles. The van der Waals surface area contributed by atoms with Gasteiger partial charge in [-0.2, -0.15) is 5.10 Å². The number of rotatable bonds is 4. The number of aryl methyl sites for hydroxylation is 1. The van der Waals surface area contributed by atoms with E-state index in [2.05, 4.69) is 26.5 Å². The second-order valence-corrected chi connectivity index (χ2v) is 6.34. The fourth-order valence-electron chi connectivity index (χ4n) is 3.25. The van der Waals surface area contributed by atoms with E-state index in [0.29, 0.717) is 24.4 Å². The number of guanidine groups is 1. The largest absolute Gasteiger partial charge is 0.356 e. The number of aromatic nitrogens is 2. The van der Waals surface area contributed by atoms with Crippen LogP contribution in [0.5, 0.6) is 0 Å². The predicted octanol–water partition coefficient (Wildman–Crippen LogP) is 2.31. The van der Waals surface area contributed by atoms with Crippen molar-refractivity contribution in [3.8, 4) is 0 Å². The third-order valence-corrected chi connectivity index (χ3v) is 4.58. The van der Waals surface area contributed by atoms with Gasteiger partial charge in [0.2, 0.25) is 0 Å². The van der Waals surface area contributed by atoms with Gasteiger partial charge in [-0.1, -0.05) is 0 Å². The molecular weight excluding hydrogens is 324 g/mol. The molecule has 1 atom stereocenters. The van der Waals surface area contributed by atoms with E-state index in [9.17, 15) is 8.78 Å². The van der Waals surface area contributed by atoms with Gasteiger partial charge in [-0.15, -0.1) is 0 Å². The summed E-state index contributed by atoms with van der Waals surface area (Å²) in [6.45, 7) is 2.29. The van der Waals surface area contributed by atoms with Crippen LogP contribution >= 0.6 is 0 Å². The minimum Gasteiger partial charge on any atom is -0.356 e. The molecule has 0 spiro atoms. The zero-order chi connectivity index (χ0) is 17.8. The van der Waals surface area contributed by atoms with Crippen LogP contribution in [0.1, 0.15) is 23.5 Å². The number of nitrogens with one attached hydrogen (secondary N) is 1. The quantitative estimate of drug-likeness (QED) is 0.682. The van der Waals surface area contributed by atoms with Crippen molar-refractivity contribution in [2.45, 2.75) is 18.8 Å². The Balaban J connectivity index is 1.54. The van der Waals surface area contributed by atoms with Crippen LogP contribution in [0, 0.1) is 11.6 Å². The van der Waals surface area contributed by atoms with Crippen molar-refractivity contribution in [1.29, 1.82) is 0 Å². The Bertz CT molecular complexity index is 756. The molecule has 2 heterocycles. The second kappa shape index (κ2) is 7.63. The Hall–Kier alpha value is -2.44. The number of benzene rings is 1. The summed E-state index contributed by atoms with van der Waals surface area (Å²) < 4.78 is 28.7. The molecule has 0 radical (unpaired) electrons. The summed E-state index contributed by atoms with van der Waals surface area (Å²) >= 11 is 0. The van der Waals surface area contributed by atoms with Gasteiger partial charge in [0.05, 0.1) is 6.20 Å². The van der Waals surface area contributed by atoms with Crippen LogP contribution in [0.4, 0.5) is 8.78 Å². The Morgan fingerprint density at radius 1 is 1.40 bits per heavy atom. The molecule has 1 aromatic heterocycles. The molecule has 1 saturated heterocycles. The predicted molar refractivity (Wildman–Crippen MR) is 93.6 cm³/mol. The van der Waals surface area contributed by atoms with Crippen LogP contribution in [0.3, 0.4) is 0 Å². The van der Waals surface area contributed by atoms with Crippen LogP contribution in [0.25, 0.3) is 0 Å². The molecule has 2 aromatic rings. The lowest BCUT2D eigenvalue weighted by molar-refractivity contribution is 0.485. The summed E-state index contributed by atoms with van der Waals surface area (Å²) in [6.07, 6.45) is 5.42. The van der Waals surface area contributed by atoms with E-state index in [1.165, 1.54) is 17.7 Å². The third-order valence-electron chi connectivity index (χ3n) is 4.58. The maximum Gasteiger partial charge on any atom is 0.193 e. The summed E-state index contributed by atoms with van der Waals surface area (Å²) in [5.41, 5.74) is 1.61. The van der Waals surface area contributed by atoms with Gasteiger partial charge in [-0.3, -0.25) is 9.67 Å². The summed E-state index contributed by atoms with van der Waals surface area (Å²) in [5, 5.41) is 7.49. The topological polar surface area (TPSA) is 45.5 Å². The third kappa shape index (κ3) is 4.15. The molecule has 1 N–H and O–H groups in total. The highest BCUT2D eigenvalue weighted by Gasteiger charge is 2.26. The standard InChI is InChI=1S/C18H23F2N5/c1-21-18(22-7-5-13-9-16(19)3-4-17(13)20)25-8-6-14(12-25)15-10-23-24(2)11-15/h3-4,9-11,14H,5-8,12H2,1-2H3,(H,21,22). The van der Waals surface area contributed by atoms with Crippen molar-refractivity contribution >= 4 is 5.96 Å². The van der Waals surface area contributed by atoms with Gasteiger partial charge in [0.25, 0.3) is 0 Å². The smallest absolute Gasteiger partial charge is 0.193 e. The summed E-state index contributed by atoms with van der Waals surface area (Å²) in [5.74, 6) is 0.437. The number of halogens is 2. The van der Waals surface area contributed by atoms with Crippen molar-refractivity contribution in [2.24, 2.45) is 12.0 Å². The molecule has 1 aliphatic rings. The minimum atomic E-state index is -0.417. The Kier molecular flexibility index (Phi) is 5.31. The van der Waals surface area contributed by atoms with Crippen molar-refractivity contribution in [1.82, 2.24) is 20.0 Å². The molecular formula is C18H23F2N5. The van der Waals surface area contributed by atoms with E-state index in [0.717, 1.165) is 31.5 Å². The van der Waals surface area contributed by atoms with E-state index in [4.69, 9.17) is 0 Å². The first-order valence-corrected chi connectivity index (χ1v) is 8.45. The molecule has 5 nitrogen and oxygen atoms in total. The first-order chi connectivity index (χ1) is 12.1. The molecule has 0 amide bonds. The van der Waals surface area contributed by atoms with Crippen LogP contribution in [-0.2, 0) is 13.5 Å². The van der Waals surface area contributed by atoms with Crippen molar-refractivity contribution in [3.05, 3.63) is 53.4 Å². The highest BCUT2D eigenvalue weighted by atomic mass is 19.1. The first-order valence-electron chi connectivity index (χ1n) is 8.45.